The van der Waals surface area contributed by atoms with E-state index in [4.69, 9.17) is 24.2 Å². The molecule has 65 heavy (non-hydrogen) atoms. The molecule has 2 saturated carbocycles. The molecule has 3 fully saturated rings. The first kappa shape index (κ1) is 46.8. The Morgan fingerprint density at radius 3 is 2.51 bits per heavy atom. The molecule has 2 aliphatic heterocycles. The third-order valence-corrected chi connectivity index (χ3v) is 17.2. The van der Waals surface area contributed by atoms with Crippen molar-refractivity contribution in [3.63, 3.8) is 0 Å². The summed E-state index contributed by atoms with van der Waals surface area (Å²) in [7, 11) is -2.88. The van der Waals surface area contributed by atoms with Crippen LogP contribution >= 0.6 is 18.7 Å². The Bertz CT molecular complexity index is 2490. The predicted octanol–water partition coefficient (Wildman–Crippen LogP) is 10.3. The highest BCUT2D eigenvalue weighted by molar-refractivity contribution is 7.59. The molecule has 4 heterocycles. The maximum atomic E-state index is 15.0. The van der Waals surface area contributed by atoms with Crippen molar-refractivity contribution in [1.82, 2.24) is 14.9 Å². The zero-order chi connectivity index (χ0) is 46.0. The maximum absolute atomic E-state index is 15.0. The summed E-state index contributed by atoms with van der Waals surface area (Å²) < 4.78 is 62.9. The summed E-state index contributed by atoms with van der Waals surface area (Å²) in [6.45, 7) is 5.97. The van der Waals surface area contributed by atoms with Gasteiger partial charge in [-0.2, -0.15) is 0 Å². The second kappa shape index (κ2) is 19.6. The fraction of sp³-hybridized carbons (Fsp3) is 0.531. The smallest absolute Gasteiger partial charge is 0.306 e. The Morgan fingerprint density at radius 1 is 1.02 bits per heavy atom. The average Bonchev–Trinajstić information content (AvgIpc) is 3.68. The zero-order valence-electron chi connectivity index (χ0n) is 37.5. The predicted molar refractivity (Wildman–Crippen MR) is 246 cm³/mol. The Hall–Kier alpha value is -4.72. The van der Waals surface area contributed by atoms with E-state index in [2.05, 4.69) is 5.32 Å². The number of methoxy groups -OCH3 is 1. The molecule has 1 amide bonds. The molecule has 2 aliphatic carbocycles. The summed E-state index contributed by atoms with van der Waals surface area (Å²) in [6.07, 6.45) is 8.71. The van der Waals surface area contributed by atoms with Crippen molar-refractivity contribution in [1.29, 1.82) is 0 Å². The van der Waals surface area contributed by atoms with Crippen LogP contribution < -0.4 is 14.8 Å². The molecule has 348 valence electrons. The number of aryl methyl sites for hydroxylation is 1. The second-order valence-electron chi connectivity index (χ2n) is 18.6. The van der Waals surface area contributed by atoms with Crippen LogP contribution in [0.25, 0.3) is 22.3 Å². The number of fused-ring (bicyclic) bond motifs is 3. The Morgan fingerprint density at radius 2 is 1.77 bits per heavy atom. The number of anilines is 1. The summed E-state index contributed by atoms with van der Waals surface area (Å²) in [5, 5.41) is 5.18. The lowest BCUT2D eigenvalue weighted by Crippen LogP contribution is -2.45. The van der Waals surface area contributed by atoms with Gasteiger partial charge in [-0.1, -0.05) is 31.1 Å². The van der Waals surface area contributed by atoms with Crippen LogP contribution in [0.3, 0.4) is 0 Å². The molecule has 0 spiro atoms. The number of benzene rings is 2. The number of nitrogens with one attached hydrogen (secondary N) is 1. The van der Waals surface area contributed by atoms with E-state index in [1.165, 1.54) is 22.3 Å². The van der Waals surface area contributed by atoms with Gasteiger partial charge in [-0.3, -0.25) is 18.9 Å². The van der Waals surface area contributed by atoms with Gasteiger partial charge in [0, 0.05) is 52.8 Å². The maximum Gasteiger partial charge on any atom is 0.306 e. The quantitative estimate of drug-likeness (QED) is 0.0792. The normalized spacial score (nSPS) is 25.6. The van der Waals surface area contributed by atoms with E-state index >= 15 is 0 Å². The number of ketones is 1. The van der Waals surface area contributed by atoms with Gasteiger partial charge >= 0.3 is 5.97 Å². The minimum atomic E-state index is -4.47. The van der Waals surface area contributed by atoms with Crippen LogP contribution in [0.2, 0.25) is 0 Å². The Kier molecular flexibility index (Phi) is 14.1. The number of carbonyl (C=O) groups is 3. The monoisotopic (exact) mass is 932 g/mol. The van der Waals surface area contributed by atoms with E-state index in [-0.39, 0.29) is 50.3 Å². The number of carbonyl (C=O) groups excluding carboxylic acids is 3. The Labute approximate surface area is 383 Å². The Balaban J connectivity index is 1.15. The molecular weight excluding hydrogens is 874 g/mol. The van der Waals surface area contributed by atoms with Gasteiger partial charge in [-0.25, -0.2) is 18.7 Å². The topological polar surface area (TPSA) is 157 Å². The highest BCUT2D eigenvalue weighted by atomic mass is 32.1. The number of halogens is 2. The molecule has 12 nitrogen and oxygen atoms in total. The van der Waals surface area contributed by atoms with Gasteiger partial charge in [-0.05, 0) is 102 Å². The van der Waals surface area contributed by atoms with Crippen LogP contribution in [0.15, 0.2) is 53.9 Å². The number of thiazole rings is 1. The van der Waals surface area contributed by atoms with Crippen LogP contribution in [0.1, 0.15) is 108 Å². The lowest BCUT2D eigenvalue weighted by molar-refractivity contribution is -0.154. The summed E-state index contributed by atoms with van der Waals surface area (Å²) in [5.74, 6) is -3.28. The lowest BCUT2D eigenvalue weighted by atomic mass is 9.94. The van der Waals surface area contributed by atoms with Crippen LogP contribution in [-0.4, -0.2) is 80.5 Å². The molecule has 4 aromatic rings. The van der Waals surface area contributed by atoms with Crippen LogP contribution in [-0.2, 0) is 29.8 Å². The van der Waals surface area contributed by atoms with Crippen LogP contribution in [0, 0.1) is 30.4 Å². The van der Waals surface area contributed by atoms with Crippen LogP contribution in [0.4, 0.5) is 13.9 Å². The van der Waals surface area contributed by atoms with Crippen molar-refractivity contribution in [3.8, 4) is 22.9 Å². The first-order valence-corrected chi connectivity index (χ1v) is 25.7. The van der Waals surface area contributed by atoms with Crippen molar-refractivity contribution >= 4 is 52.4 Å². The highest BCUT2D eigenvalue weighted by Crippen LogP contribution is 2.74. The number of Topliss-reactive ketones (excluding diaryl/α,β-unsaturated/α-hetero) is 1. The molecule has 0 radical (unpaired) electrons. The first-order chi connectivity index (χ1) is 31.2. The fourth-order valence-corrected chi connectivity index (χ4v) is 13.4. The number of hydrogen-bond acceptors (Lipinski definition) is 11. The number of ether oxygens (including phenoxy) is 3. The number of aromatic nitrogens is 2. The summed E-state index contributed by atoms with van der Waals surface area (Å²) in [4.78, 5) is 66.6. The zero-order valence-corrected chi connectivity index (χ0v) is 39.2. The van der Waals surface area contributed by atoms with Crippen molar-refractivity contribution in [2.24, 2.45) is 11.8 Å². The molecule has 8 rings (SSSR count). The number of amides is 1. The van der Waals surface area contributed by atoms with E-state index in [9.17, 15) is 32.6 Å². The fourth-order valence-electron chi connectivity index (χ4n) is 10.00. The van der Waals surface area contributed by atoms with E-state index in [0.717, 1.165) is 61.4 Å². The van der Waals surface area contributed by atoms with E-state index in [1.54, 1.807) is 7.11 Å². The molecule has 1 unspecified atom stereocenters. The van der Waals surface area contributed by atoms with Gasteiger partial charge in [0.05, 0.1) is 48.6 Å². The lowest BCUT2D eigenvalue weighted by Gasteiger charge is -2.30. The average molecular weight is 933 g/mol. The largest absolute Gasteiger partial charge is 0.496 e. The van der Waals surface area contributed by atoms with Gasteiger partial charge in [0.2, 0.25) is 13.3 Å². The molecular formula is C49H59F2N4O8PS. The van der Waals surface area contributed by atoms with Gasteiger partial charge in [0.25, 0.3) is 0 Å². The van der Waals surface area contributed by atoms with Gasteiger partial charge < -0.3 is 29.3 Å². The third kappa shape index (κ3) is 10.2. The standard InChI is InChI=1S/C49H59F2N4O8PS/c1-29(2)52-48-54-40(28-65-48)39-23-44(35-19-20-43(61-4)30(3)46(35)53-39)62-34-22-41-42(56)25-49(64(59,60)27-36-37(50)17-12-18-38(36)51)24-32(49)14-9-7-5-6-8-13-31(47(58)55(41)26-34)21-45(57)63-33-15-10-11-16-33/h9,12,14,17-20,23,28-29,31-34,41H,5-8,10-11,13,15-16,21-22,24-27H2,1-4H3,(H,52,54)(H,59,60)/b14-9-/t31-,32-,34-,41+,49-/m1/s1. The molecule has 4 aliphatic rings. The number of hydrogen-bond donors (Lipinski definition) is 2. The van der Waals surface area contributed by atoms with Gasteiger partial charge in [0.1, 0.15) is 41.0 Å². The molecule has 2 N–H and O–H groups in total. The number of rotatable bonds is 12. The van der Waals surface area contributed by atoms with E-state index in [0.29, 0.717) is 53.1 Å². The number of allylic oxidation sites excluding steroid dienone is 2. The molecule has 2 aromatic carbocycles. The van der Waals surface area contributed by atoms with Crippen molar-refractivity contribution in [2.75, 3.05) is 19.0 Å². The summed E-state index contributed by atoms with van der Waals surface area (Å²) in [6, 6.07) is 7.90. The molecule has 6 atom stereocenters. The minimum absolute atomic E-state index is 0.00438. The number of pyridine rings is 1. The van der Waals surface area contributed by atoms with E-state index in [1.807, 2.05) is 56.5 Å². The summed E-state index contributed by atoms with van der Waals surface area (Å²) >= 11 is 1.45. The molecule has 16 heteroatoms. The van der Waals surface area contributed by atoms with Crippen molar-refractivity contribution in [3.05, 3.63) is 76.7 Å². The van der Waals surface area contributed by atoms with Gasteiger partial charge in [-0.15, -0.1) is 11.3 Å². The van der Waals surface area contributed by atoms with Crippen LogP contribution in [0.5, 0.6) is 11.5 Å². The summed E-state index contributed by atoms with van der Waals surface area (Å²) in [5.41, 5.74) is 2.10. The van der Waals surface area contributed by atoms with Crippen molar-refractivity contribution < 1.29 is 46.8 Å². The second-order valence-corrected chi connectivity index (χ2v) is 22.1. The van der Waals surface area contributed by atoms with E-state index < -0.39 is 71.6 Å². The molecule has 2 aromatic heterocycles. The van der Waals surface area contributed by atoms with Crippen molar-refractivity contribution in [2.45, 2.75) is 140 Å². The first-order valence-electron chi connectivity index (χ1n) is 23.0. The molecule has 0 bridgehead atoms. The van der Waals surface area contributed by atoms with Gasteiger partial charge in [0.15, 0.2) is 10.9 Å². The number of nitrogens with zero attached hydrogens (tertiary/aromatic N) is 3. The number of esters is 1. The highest BCUT2D eigenvalue weighted by Gasteiger charge is 2.65. The minimum Gasteiger partial charge on any atom is -0.496 e. The SMILES string of the molecule is COc1ccc2c(O[C@@H]3C[C@H]4C(=O)C[C@]5(P(=O)(O)Cc6c(F)cccc6F)C[C@H]5/C=C\CCCCC[C@H](CC(=O)OC5CCCC5)C(=O)N4C3)cc(-c3csc(NC(C)C)n3)nc2c1C. The third-order valence-electron chi connectivity index (χ3n) is 13.6. The molecule has 1 saturated heterocycles.